The molecule has 1 fully saturated rings. The largest absolute Gasteiger partial charge is 0.236 e. The van der Waals surface area contributed by atoms with Crippen molar-refractivity contribution in [3.63, 3.8) is 0 Å². The van der Waals surface area contributed by atoms with Crippen molar-refractivity contribution >= 4 is 12.6 Å². The van der Waals surface area contributed by atoms with Crippen LogP contribution in [0.15, 0.2) is 0 Å². The van der Waals surface area contributed by atoms with Gasteiger partial charge in [-0.2, -0.15) is 0 Å². The zero-order valence-corrected chi connectivity index (χ0v) is 4.86. The van der Waals surface area contributed by atoms with Crippen LogP contribution in [0.3, 0.4) is 0 Å². The molecule has 3 heteroatoms. The lowest BCUT2D eigenvalue weighted by Crippen LogP contribution is -2.13. The summed E-state index contributed by atoms with van der Waals surface area (Å²) in [6.07, 6.45) is 2.07. The first-order valence-electron chi connectivity index (χ1n) is 2.36. The van der Waals surface area contributed by atoms with Gasteiger partial charge in [0.25, 0.3) is 0 Å². The minimum atomic E-state index is 0.00810. The Bertz CT molecular complexity index is 51.7. The summed E-state index contributed by atoms with van der Waals surface area (Å²) in [7, 11) is 0. The summed E-state index contributed by atoms with van der Waals surface area (Å²) in [5.74, 6) is 0. The Morgan fingerprint density at radius 2 is 2.43 bits per heavy atom. The van der Waals surface area contributed by atoms with Gasteiger partial charge >= 0.3 is 0 Å². The SMILES string of the molecule is SC1CCCOO1. The molecule has 1 aliphatic heterocycles. The summed E-state index contributed by atoms with van der Waals surface area (Å²) >= 11 is 4.01. The normalized spacial score (nSPS) is 33.0. The lowest BCUT2D eigenvalue weighted by atomic mass is 10.3. The van der Waals surface area contributed by atoms with Crippen molar-refractivity contribution in [2.45, 2.75) is 18.3 Å². The van der Waals surface area contributed by atoms with Crippen LogP contribution < -0.4 is 0 Å². The first-order valence-corrected chi connectivity index (χ1v) is 2.87. The molecule has 0 aliphatic carbocycles. The molecule has 0 N–H and O–H groups in total. The summed E-state index contributed by atoms with van der Waals surface area (Å²) in [5.41, 5.74) is 0.00810. The lowest BCUT2D eigenvalue weighted by Gasteiger charge is -2.15. The second-order valence-corrected chi connectivity index (χ2v) is 2.09. The van der Waals surface area contributed by atoms with Crippen LogP contribution in [-0.2, 0) is 9.78 Å². The molecule has 1 heterocycles. The zero-order valence-electron chi connectivity index (χ0n) is 3.96. The second-order valence-electron chi connectivity index (χ2n) is 1.52. The Morgan fingerprint density at radius 1 is 1.57 bits per heavy atom. The molecular formula is C4H8O2S. The minimum Gasteiger partial charge on any atom is -0.236 e. The van der Waals surface area contributed by atoms with E-state index in [1.807, 2.05) is 0 Å². The van der Waals surface area contributed by atoms with Crippen LogP contribution >= 0.6 is 12.6 Å². The third-order valence-electron chi connectivity index (χ3n) is 0.858. The van der Waals surface area contributed by atoms with Crippen molar-refractivity contribution < 1.29 is 9.78 Å². The highest BCUT2D eigenvalue weighted by Crippen LogP contribution is 2.11. The molecule has 0 amide bonds. The van der Waals surface area contributed by atoms with Gasteiger partial charge < -0.3 is 0 Å². The molecule has 1 rings (SSSR count). The van der Waals surface area contributed by atoms with Gasteiger partial charge in [0.1, 0.15) is 5.44 Å². The maximum Gasteiger partial charge on any atom is 0.136 e. The molecule has 42 valence electrons. The molecule has 2 nitrogen and oxygen atoms in total. The topological polar surface area (TPSA) is 18.5 Å². The molecular weight excluding hydrogens is 112 g/mol. The van der Waals surface area contributed by atoms with Crippen LogP contribution in [0.2, 0.25) is 0 Å². The molecule has 0 aromatic carbocycles. The van der Waals surface area contributed by atoms with E-state index in [4.69, 9.17) is 0 Å². The Labute approximate surface area is 48.1 Å². The first kappa shape index (κ1) is 5.41. The van der Waals surface area contributed by atoms with E-state index in [1.54, 1.807) is 0 Å². The van der Waals surface area contributed by atoms with E-state index < -0.39 is 0 Å². The number of thiol groups is 1. The van der Waals surface area contributed by atoms with Crippen LogP contribution in [0.5, 0.6) is 0 Å². The van der Waals surface area contributed by atoms with E-state index in [9.17, 15) is 0 Å². The van der Waals surface area contributed by atoms with Gasteiger partial charge in [0.15, 0.2) is 0 Å². The quantitative estimate of drug-likeness (QED) is 0.379. The van der Waals surface area contributed by atoms with Crippen LogP contribution in [-0.4, -0.2) is 12.0 Å². The predicted molar refractivity (Wildman–Crippen MR) is 29.0 cm³/mol. The molecule has 1 saturated heterocycles. The van der Waals surface area contributed by atoms with Gasteiger partial charge in [0, 0.05) is 0 Å². The highest BCUT2D eigenvalue weighted by molar-refractivity contribution is 7.80. The van der Waals surface area contributed by atoms with E-state index in [-0.39, 0.29) is 5.44 Å². The molecule has 0 spiro atoms. The van der Waals surface area contributed by atoms with E-state index >= 15 is 0 Å². The van der Waals surface area contributed by atoms with Gasteiger partial charge in [-0.05, 0) is 12.8 Å². The van der Waals surface area contributed by atoms with E-state index in [1.165, 1.54) is 0 Å². The Balaban J connectivity index is 2.12. The summed E-state index contributed by atoms with van der Waals surface area (Å²) < 4.78 is 0. The standard InChI is InChI=1S/C4H8O2S/c7-4-2-1-3-5-6-4/h4,7H,1-3H2. The molecule has 0 bridgehead atoms. The maximum atomic E-state index is 4.64. The molecule has 0 radical (unpaired) electrons. The number of hydrogen-bond acceptors (Lipinski definition) is 3. The Kier molecular flexibility index (Phi) is 1.97. The van der Waals surface area contributed by atoms with E-state index in [0.29, 0.717) is 0 Å². The molecule has 0 saturated carbocycles. The van der Waals surface area contributed by atoms with Gasteiger partial charge in [0.05, 0.1) is 6.61 Å². The fourth-order valence-corrected chi connectivity index (χ4v) is 0.735. The average molecular weight is 120 g/mol. The average Bonchev–Trinajstić information content (AvgIpc) is 1.69. The lowest BCUT2D eigenvalue weighted by molar-refractivity contribution is -0.322. The van der Waals surface area contributed by atoms with Crippen molar-refractivity contribution in [3.05, 3.63) is 0 Å². The van der Waals surface area contributed by atoms with Crippen molar-refractivity contribution in [3.8, 4) is 0 Å². The minimum absolute atomic E-state index is 0.00810. The van der Waals surface area contributed by atoms with Gasteiger partial charge in [0.2, 0.25) is 0 Å². The van der Waals surface area contributed by atoms with Gasteiger partial charge in [-0.25, -0.2) is 9.78 Å². The molecule has 1 aliphatic rings. The van der Waals surface area contributed by atoms with E-state index in [0.717, 1.165) is 19.4 Å². The summed E-state index contributed by atoms with van der Waals surface area (Å²) in [5, 5.41) is 0. The van der Waals surface area contributed by atoms with Gasteiger partial charge in [-0.15, -0.1) is 12.6 Å². The second kappa shape index (κ2) is 2.55. The van der Waals surface area contributed by atoms with Gasteiger partial charge in [-0.3, -0.25) is 0 Å². The first-order chi connectivity index (χ1) is 3.39. The molecule has 7 heavy (non-hydrogen) atoms. The summed E-state index contributed by atoms with van der Waals surface area (Å²) in [6.45, 7) is 0.719. The third kappa shape index (κ3) is 1.67. The van der Waals surface area contributed by atoms with Crippen LogP contribution in [0.4, 0.5) is 0 Å². The predicted octanol–water partition coefficient (Wildman–Crippen LogP) is 0.984. The summed E-state index contributed by atoms with van der Waals surface area (Å²) in [4.78, 5) is 9.25. The molecule has 0 aromatic rings. The molecule has 1 atom stereocenters. The number of hydrogen-bond donors (Lipinski definition) is 1. The van der Waals surface area contributed by atoms with Crippen molar-refractivity contribution in [2.75, 3.05) is 6.61 Å². The zero-order chi connectivity index (χ0) is 5.11. The van der Waals surface area contributed by atoms with Crippen LogP contribution in [0, 0.1) is 0 Å². The fraction of sp³-hybridized carbons (Fsp3) is 1.00. The van der Waals surface area contributed by atoms with E-state index in [2.05, 4.69) is 22.4 Å². The Hall–Kier alpha value is 0.270. The Morgan fingerprint density at radius 3 is 2.71 bits per heavy atom. The monoisotopic (exact) mass is 120 g/mol. The van der Waals surface area contributed by atoms with Crippen molar-refractivity contribution in [2.24, 2.45) is 0 Å². The van der Waals surface area contributed by atoms with Gasteiger partial charge in [-0.1, -0.05) is 0 Å². The number of rotatable bonds is 0. The smallest absolute Gasteiger partial charge is 0.136 e. The van der Waals surface area contributed by atoms with Crippen molar-refractivity contribution in [1.82, 2.24) is 0 Å². The van der Waals surface area contributed by atoms with Crippen LogP contribution in [0.1, 0.15) is 12.8 Å². The fourth-order valence-electron chi connectivity index (χ4n) is 0.492. The van der Waals surface area contributed by atoms with Crippen LogP contribution in [0.25, 0.3) is 0 Å². The summed E-state index contributed by atoms with van der Waals surface area (Å²) in [6, 6.07) is 0. The highest BCUT2D eigenvalue weighted by atomic mass is 32.1. The third-order valence-corrected chi connectivity index (χ3v) is 1.20. The molecule has 0 aromatic heterocycles. The maximum absolute atomic E-state index is 4.64. The highest BCUT2D eigenvalue weighted by Gasteiger charge is 2.08. The van der Waals surface area contributed by atoms with Crippen molar-refractivity contribution in [1.29, 1.82) is 0 Å². The molecule has 1 unspecified atom stereocenters.